The summed E-state index contributed by atoms with van der Waals surface area (Å²) in [6, 6.07) is 36.1. The molecule has 0 N–H and O–H groups in total. The Hall–Kier alpha value is -2.74. The molecule has 3 aromatic carbocycles. The number of rotatable bonds is 4. The monoisotopic (exact) mass is 514 g/mol. The fraction of sp³-hybridized carbons (Fsp3) is 0. The molecule has 129 valence electrons. The second kappa shape index (κ2) is 8.57. The number of anilines is 3. The molecular weight excluding hydrogens is 496 g/mol. The van der Waals surface area contributed by atoms with E-state index in [1.165, 1.54) is 0 Å². The van der Waals surface area contributed by atoms with Crippen molar-refractivity contribution in [2.24, 2.45) is 0 Å². The summed E-state index contributed by atoms with van der Waals surface area (Å²) < 4.78 is 0. The molecule has 1 heterocycles. The second-order valence-electron chi connectivity index (χ2n) is 5.68. The molecule has 0 saturated heterocycles. The maximum atomic E-state index is 4.45. The van der Waals surface area contributed by atoms with Crippen molar-refractivity contribution in [1.29, 1.82) is 0 Å². The minimum Gasteiger partial charge on any atom is -0.328 e. The van der Waals surface area contributed by atoms with Crippen molar-refractivity contribution in [3.8, 4) is 11.3 Å². The zero-order valence-corrected chi connectivity index (χ0v) is 16.4. The quantitative estimate of drug-likeness (QED) is 0.311. The first-order valence-corrected chi connectivity index (χ1v) is 8.25. The van der Waals surface area contributed by atoms with Gasteiger partial charge < -0.3 is 9.88 Å². The average molecular weight is 514 g/mol. The molecule has 1 radical (unpaired) electrons. The van der Waals surface area contributed by atoms with Gasteiger partial charge in [-0.25, -0.2) is 0 Å². The molecule has 0 amide bonds. The van der Waals surface area contributed by atoms with E-state index < -0.39 is 0 Å². The van der Waals surface area contributed by atoms with Crippen molar-refractivity contribution in [3.05, 3.63) is 109 Å². The van der Waals surface area contributed by atoms with Crippen LogP contribution in [0.2, 0.25) is 0 Å². The molecule has 0 unspecified atom stereocenters. The number of nitrogens with zero attached hydrogens (tertiary/aromatic N) is 2. The first-order valence-electron chi connectivity index (χ1n) is 8.25. The Kier molecular flexibility index (Phi) is 5.95. The Balaban J connectivity index is 0.00000196. The van der Waals surface area contributed by atoms with E-state index in [4.69, 9.17) is 0 Å². The van der Waals surface area contributed by atoms with E-state index in [-0.39, 0.29) is 20.1 Å². The summed E-state index contributed by atoms with van der Waals surface area (Å²) >= 11 is 0. The van der Waals surface area contributed by atoms with E-state index in [1.807, 2.05) is 42.6 Å². The first-order chi connectivity index (χ1) is 12.4. The molecule has 0 saturated carbocycles. The SMILES string of the molecule is [Ir].[c-]1ccc(N(c2ccccc2)c2ccccc2)cc1-c1ccccn1. The van der Waals surface area contributed by atoms with Crippen LogP contribution in [0.5, 0.6) is 0 Å². The molecule has 0 aliphatic heterocycles. The number of para-hydroxylation sites is 2. The van der Waals surface area contributed by atoms with E-state index >= 15 is 0 Å². The Labute approximate surface area is 167 Å². The van der Waals surface area contributed by atoms with Gasteiger partial charge in [-0.1, -0.05) is 48.5 Å². The van der Waals surface area contributed by atoms with Crippen LogP contribution in [-0.4, -0.2) is 4.98 Å². The van der Waals surface area contributed by atoms with Gasteiger partial charge in [0.2, 0.25) is 0 Å². The van der Waals surface area contributed by atoms with Crippen LogP contribution < -0.4 is 4.90 Å². The van der Waals surface area contributed by atoms with E-state index in [9.17, 15) is 0 Å². The van der Waals surface area contributed by atoms with Crippen molar-refractivity contribution in [1.82, 2.24) is 4.98 Å². The van der Waals surface area contributed by atoms with Gasteiger partial charge in [-0.2, -0.15) is 0 Å². The van der Waals surface area contributed by atoms with Gasteiger partial charge in [0, 0.05) is 37.7 Å². The van der Waals surface area contributed by atoms with Gasteiger partial charge in [-0.15, -0.1) is 29.8 Å². The number of hydrogen-bond donors (Lipinski definition) is 0. The van der Waals surface area contributed by atoms with Crippen molar-refractivity contribution < 1.29 is 20.1 Å². The number of aromatic nitrogens is 1. The van der Waals surface area contributed by atoms with Crippen LogP contribution in [0.4, 0.5) is 17.1 Å². The largest absolute Gasteiger partial charge is 0.328 e. The molecule has 3 heteroatoms. The standard InChI is InChI=1S/C23H17N2.Ir/c1-3-11-20(12-4-1)25(21-13-5-2-6-14-21)22-15-9-10-19(18-22)23-16-7-8-17-24-23;/h1-9,11-18H;/q-1;. The summed E-state index contributed by atoms with van der Waals surface area (Å²) in [6.07, 6.45) is 1.81. The van der Waals surface area contributed by atoms with Gasteiger partial charge in [-0.05, 0) is 41.7 Å². The molecule has 4 rings (SSSR count). The molecule has 0 spiro atoms. The predicted molar refractivity (Wildman–Crippen MR) is 103 cm³/mol. The zero-order chi connectivity index (χ0) is 16.9. The topological polar surface area (TPSA) is 16.1 Å². The van der Waals surface area contributed by atoms with Gasteiger partial charge in [0.1, 0.15) is 0 Å². The first kappa shape index (κ1) is 18.1. The summed E-state index contributed by atoms with van der Waals surface area (Å²) in [7, 11) is 0. The van der Waals surface area contributed by atoms with Crippen LogP contribution in [0.15, 0.2) is 103 Å². The Morgan fingerprint density at radius 2 is 1.27 bits per heavy atom. The van der Waals surface area contributed by atoms with Crippen LogP contribution in [0, 0.1) is 6.07 Å². The van der Waals surface area contributed by atoms with Gasteiger partial charge in [0.15, 0.2) is 0 Å². The van der Waals surface area contributed by atoms with E-state index in [0.717, 1.165) is 28.3 Å². The number of hydrogen-bond acceptors (Lipinski definition) is 2. The molecule has 0 fully saturated rings. The van der Waals surface area contributed by atoms with Crippen LogP contribution in [0.3, 0.4) is 0 Å². The Bertz CT molecular complexity index is 902. The van der Waals surface area contributed by atoms with E-state index in [1.54, 1.807) is 0 Å². The second-order valence-corrected chi connectivity index (χ2v) is 5.68. The van der Waals surface area contributed by atoms with E-state index in [0.29, 0.717) is 0 Å². The van der Waals surface area contributed by atoms with Gasteiger partial charge in [-0.3, -0.25) is 0 Å². The van der Waals surface area contributed by atoms with E-state index in [2.05, 4.69) is 76.6 Å². The summed E-state index contributed by atoms with van der Waals surface area (Å²) in [5.74, 6) is 0. The minimum absolute atomic E-state index is 0. The summed E-state index contributed by atoms with van der Waals surface area (Å²) in [5.41, 5.74) is 5.22. The Morgan fingerprint density at radius 1 is 0.654 bits per heavy atom. The fourth-order valence-corrected chi connectivity index (χ4v) is 2.86. The maximum Gasteiger partial charge on any atom is 0.0443 e. The molecule has 0 aliphatic carbocycles. The number of pyridine rings is 1. The molecule has 2 nitrogen and oxygen atoms in total. The summed E-state index contributed by atoms with van der Waals surface area (Å²) in [4.78, 5) is 6.68. The van der Waals surface area contributed by atoms with Crippen molar-refractivity contribution in [2.45, 2.75) is 0 Å². The van der Waals surface area contributed by atoms with Crippen molar-refractivity contribution in [2.75, 3.05) is 4.90 Å². The van der Waals surface area contributed by atoms with Gasteiger partial charge in [0.25, 0.3) is 0 Å². The smallest absolute Gasteiger partial charge is 0.0443 e. The zero-order valence-electron chi connectivity index (χ0n) is 14.0. The van der Waals surface area contributed by atoms with Crippen LogP contribution in [0.25, 0.3) is 11.3 Å². The fourth-order valence-electron chi connectivity index (χ4n) is 2.86. The predicted octanol–water partition coefficient (Wildman–Crippen LogP) is 6.02. The molecule has 0 atom stereocenters. The van der Waals surface area contributed by atoms with Crippen molar-refractivity contribution >= 4 is 17.1 Å². The van der Waals surface area contributed by atoms with Crippen molar-refractivity contribution in [3.63, 3.8) is 0 Å². The van der Waals surface area contributed by atoms with Crippen LogP contribution in [0.1, 0.15) is 0 Å². The van der Waals surface area contributed by atoms with Gasteiger partial charge in [0.05, 0.1) is 0 Å². The molecule has 26 heavy (non-hydrogen) atoms. The number of benzene rings is 3. The average Bonchev–Trinajstić information content (AvgIpc) is 2.71. The summed E-state index contributed by atoms with van der Waals surface area (Å²) in [6.45, 7) is 0. The molecule has 0 bridgehead atoms. The molecule has 1 aromatic heterocycles. The molecular formula is C23H17IrN2-. The summed E-state index contributed by atoms with van der Waals surface area (Å²) in [5, 5.41) is 0. The molecule has 0 aliphatic rings. The Morgan fingerprint density at radius 3 is 1.85 bits per heavy atom. The normalized spacial score (nSPS) is 10.0. The maximum absolute atomic E-state index is 4.45. The third kappa shape index (κ3) is 3.91. The minimum atomic E-state index is 0. The third-order valence-electron chi connectivity index (χ3n) is 4.01. The van der Waals surface area contributed by atoms with Crippen LogP contribution >= 0.6 is 0 Å². The third-order valence-corrected chi connectivity index (χ3v) is 4.01. The van der Waals surface area contributed by atoms with Gasteiger partial charge >= 0.3 is 0 Å². The molecule has 4 aromatic rings. The van der Waals surface area contributed by atoms with Crippen LogP contribution in [-0.2, 0) is 20.1 Å².